The number of aryl methyl sites for hydroxylation is 1. The Morgan fingerprint density at radius 3 is 2.59 bits per heavy atom. The quantitative estimate of drug-likeness (QED) is 0.537. The maximum absolute atomic E-state index is 13.0. The third-order valence-corrected chi connectivity index (χ3v) is 6.51. The molecule has 0 saturated carbocycles. The topological polar surface area (TPSA) is 110 Å². The van der Waals surface area contributed by atoms with Gasteiger partial charge in [-0.2, -0.15) is 0 Å². The van der Waals surface area contributed by atoms with Crippen molar-refractivity contribution in [3.05, 3.63) is 52.3 Å². The second-order valence-corrected chi connectivity index (χ2v) is 9.80. The average Bonchev–Trinajstić information content (AvgIpc) is 3.19. The van der Waals surface area contributed by atoms with Crippen LogP contribution < -0.4 is 10.3 Å². The number of ether oxygens (including phenoxy) is 1. The maximum atomic E-state index is 13.0. The molecule has 1 amide bonds. The molecule has 0 aliphatic carbocycles. The number of likely N-dealkylation sites (tertiary alicyclic amines) is 1. The Morgan fingerprint density at radius 1 is 1.21 bits per heavy atom. The van der Waals surface area contributed by atoms with Crippen LogP contribution in [0.5, 0.6) is 5.88 Å². The number of aromatic amines is 1. The molecule has 0 bridgehead atoms. The first-order chi connectivity index (χ1) is 16.2. The van der Waals surface area contributed by atoms with Gasteiger partial charge in [-0.25, -0.2) is 9.97 Å². The van der Waals surface area contributed by atoms with Crippen LogP contribution >= 0.6 is 0 Å². The first kappa shape index (κ1) is 23.7. The average molecular weight is 466 g/mol. The molecule has 4 rings (SSSR count). The molecule has 1 N–H and O–H groups in total. The standard InChI is InChI=1S/C25H31N5O4/c1-25(2,13-19-27-23-18(24(33)28-19)9-10-29(23)3)14-21(31)30-11-7-16(8-12-30)22(32)17-5-6-20(34-4)26-15-17/h5-6,9-10,15-16H,7-8,11-14H2,1-4H3,(H,27,28,33). The summed E-state index contributed by atoms with van der Waals surface area (Å²) in [6, 6.07) is 5.17. The lowest BCUT2D eigenvalue weighted by atomic mass is 9.84. The number of ketones is 1. The van der Waals surface area contributed by atoms with Crippen LogP contribution in [-0.2, 0) is 18.3 Å². The smallest absolute Gasteiger partial charge is 0.260 e. The minimum atomic E-state index is -0.382. The SMILES string of the molecule is COc1ccc(C(=O)C2CCN(C(=O)CC(C)(C)Cc3nc4c(ccn4C)c(=O)[nH]3)CC2)cn1. The number of rotatable bonds is 7. The molecule has 9 heteroatoms. The van der Waals surface area contributed by atoms with Crippen LogP contribution in [0.25, 0.3) is 11.0 Å². The number of Topliss-reactive ketones (excluding diaryl/α,β-unsaturated/α-hetero) is 1. The van der Waals surface area contributed by atoms with Gasteiger partial charge in [-0.15, -0.1) is 0 Å². The summed E-state index contributed by atoms with van der Waals surface area (Å²) in [4.78, 5) is 51.6. The molecule has 3 aromatic heterocycles. The van der Waals surface area contributed by atoms with Gasteiger partial charge in [-0.3, -0.25) is 14.4 Å². The molecule has 0 aromatic carbocycles. The van der Waals surface area contributed by atoms with Crippen molar-refractivity contribution >= 4 is 22.7 Å². The van der Waals surface area contributed by atoms with Crippen LogP contribution in [0.3, 0.4) is 0 Å². The van der Waals surface area contributed by atoms with Gasteiger partial charge in [0.2, 0.25) is 11.8 Å². The van der Waals surface area contributed by atoms with Gasteiger partial charge in [-0.1, -0.05) is 13.8 Å². The maximum Gasteiger partial charge on any atom is 0.260 e. The number of methoxy groups -OCH3 is 1. The normalized spacial score (nSPS) is 15.0. The number of H-pyrrole nitrogens is 1. The van der Waals surface area contributed by atoms with Crippen molar-refractivity contribution in [1.29, 1.82) is 0 Å². The zero-order chi connectivity index (χ0) is 24.5. The monoisotopic (exact) mass is 465 g/mol. The summed E-state index contributed by atoms with van der Waals surface area (Å²) in [6.45, 7) is 5.12. The van der Waals surface area contributed by atoms with E-state index in [0.29, 0.717) is 67.1 Å². The number of pyridine rings is 1. The summed E-state index contributed by atoms with van der Waals surface area (Å²) in [6.07, 6.45) is 5.45. The second-order valence-electron chi connectivity index (χ2n) is 9.80. The molecule has 0 spiro atoms. The van der Waals surface area contributed by atoms with Crippen molar-refractivity contribution in [2.24, 2.45) is 18.4 Å². The van der Waals surface area contributed by atoms with Gasteiger partial charge in [0.25, 0.3) is 5.56 Å². The molecule has 9 nitrogen and oxygen atoms in total. The number of aromatic nitrogens is 4. The number of carbonyl (C=O) groups is 2. The third-order valence-electron chi connectivity index (χ3n) is 6.51. The van der Waals surface area contributed by atoms with E-state index in [1.165, 1.54) is 7.11 Å². The van der Waals surface area contributed by atoms with E-state index in [2.05, 4.69) is 15.0 Å². The van der Waals surface area contributed by atoms with Gasteiger partial charge >= 0.3 is 0 Å². The Hall–Kier alpha value is -3.49. The lowest BCUT2D eigenvalue weighted by molar-refractivity contribution is -0.134. The number of hydrogen-bond acceptors (Lipinski definition) is 6. The highest BCUT2D eigenvalue weighted by atomic mass is 16.5. The van der Waals surface area contributed by atoms with Crippen molar-refractivity contribution in [3.63, 3.8) is 0 Å². The largest absolute Gasteiger partial charge is 0.481 e. The number of carbonyl (C=O) groups excluding carboxylic acids is 2. The van der Waals surface area contributed by atoms with Gasteiger partial charge in [0.05, 0.1) is 12.5 Å². The molecule has 1 aliphatic rings. The minimum Gasteiger partial charge on any atom is -0.481 e. The Labute approximate surface area is 198 Å². The summed E-state index contributed by atoms with van der Waals surface area (Å²) in [7, 11) is 3.39. The van der Waals surface area contributed by atoms with Gasteiger partial charge in [0, 0.05) is 62.9 Å². The summed E-state index contributed by atoms with van der Waals surface area (Å²) in [5.74, 6) is 1.06. The lowest BCUT2D eigenvalue weighted by Gasteiger charge is -2.34. The van der Waals surface area contributed by atoms with E-state index in [9.17, 15) is 14.4 Å². The summed E-state index contributed by atoms with van der Waals surface area (Å²) >= 11 is 0. The predicted molar refractivity (Wildman–Crippen MR) is 128 cm³/mol. The first-order valence-electron chi connectivity index (χ1n) is 11.5. The van der Waals surface area contributed by atoms with E-state index in [0.717, 1.165) is 0 Å². The first-order valence-corrected chi connectivity index (χ1v) is 11.5. The molecule has 0 unspecified atom stereocenters. The van der Waals surface area contributed by atoms with Gasteiger partial charge < -0.3 is 19.2 Å². The molecule has 180 valence electrons. The number of fused-ring (bicyclic) bond motifs is 1. The number of nitrogens with one attached hydrogen (secondary N) is 1. The van der Waals surface area contributed by atoms with Crippen LogP contribution in [-0.4, -0.2) is 56.3 Å². The molecule has 0 atom stereocenters. The molecule has 4 heterocycles. The van der Waals surface area contributed by atoms with Crippen LogP contribution in [0, 0.1) is 11.3 Å². The number of amides is 1. The van der Waals surface area contributed by atoms with Crippen molar-refractivity contribution in [1.82, 2.24) is 24.4 Å². The number of hydrogen-bond donors (Lipinski definition) is 1. The van der Waals surface area contributed by atoms with Crippen molar-refractivity contribution in [3.8, 4) is 5.88 Å². The minimum absolute atomic E-state index is 0.0595. The molecule has 1 fully saturated rings. The number of nitrogens with zero attached hydrogens (tertiary/aromatic N) is 4. The third kappa shape index (κ3) is 5.03. The Kier molecular flexibility index (Phi) is 6.54. The van der Waals surface area contributed by atoms with Crippen LogP contribution in [0.2, 0.25) is 0 Å². The zero-order valence-corrected chi connectivity index (χ0v) is 20.1. The fourth-order valence-corrected chi connectivity index (χ4v) is 4.59. The molecule has 34 heavy (non-hydrogen) atoms. The Balaban J connectivity index is 1.34. The molecule has 1 saturated heterocycles. The van der Waals surface area contributed by atoms with Crippen molar-refractivity contribution in [2.75, 3.05) is 20.2 Å². The highest BCUT2D eigenvalue weighted by Crippen LogP contribution is 2.28. The van der Waals surface area contributed by atoms with E-state index in [-0.39, 0.29) is 28.6 Å². The highest BCUT2D eigenvalue weighted by Gasteiger charge is 2.31. The van der Waals surface area contributed by atoms with Crippen LogP contribution in [0.4, 0.5) is 0 Å². The molecule has 1 aliphatic heterocycles. The van der Waals surface area contributed by atoms with E-state index in [1.807, 2.05) is 36.6 Å². The van der Waals surface area contributed by atoms with Crippen molar-refractivity contribution < 1.29 is 14.3 Å². The van der Waals surface area contributed by atoms with E-state index in [4.69, 9.17) is 4.74 Å². The summed E-state index contributed by atoms with van der Waals surface area (Å²) in [5, 5.41) is 0.558. The summed E-state index contributed by atoms with van der Waals surface area (Å²) < 4.78 is 6.87. The highest BCUT2D eigenvalue weighted by molar-refractivity contribution is 5.97. The van der Waals surface area contributed by atoms with Gasteiger partial charge in [0.1, 0.15) is 11.5 Å². The van der Waals surface area contributed by atoms with Crippen molar-refractivity contribution in [2.45, 2.75) is 39.5 Å². The Bertz CT molecular complexity index is 1250. The second kappa shape index (κ2) is 9.40. The van der Waals surface area contributed by atoms with E-state index in [1.54, 1.807) is 24.4 Å². The van der Waals surface area contributed by atoms with Crippen LogP contribution in [0.1, 0.15) is 49.3 Å². The van der Waals surface area contributed by atoms with Crippen LogP contribution in [0.15, 0.2) is 35.4 Å². The van der Waals surface area contributed by atoms with E-state index < -0.39 is 0 Å². The fraction of sp³-hybridized carbons (Fsp3) is 0.480. The summed E-state index contributed by atoms with van der Waals surface area (Å²) in [5.41, 5.74) is 0.664. The molecule has 3 aromatic rings. The zero-order valence-electron chi connectivity index (χ0n) is 20.1. The van der Waals surface area contributed by atoms with E-state index >= 15 is 0 Å². The van der Waals surface area contributed by atoms with Gasteiger partial charge in [-0.05, 0) is 30.4 Å². The number of piperidine rings is 1. The fourth-order valence-electron chi connectivity index (χ4n) is 4.59. The van der Waals surface area contributed by atoms with Gasteiger partial charge in [0.15, 0.2) is 5.78 Å². The Morgan fingerprint density at radius 2 is 1.94 bits per heavy atom. The molecule has 0 radical (unpaired) electrons. The molecular weight excluding hydrogens is 434 g/mol. The lowest BCUT2D eigenvalue weighted by Crippen LogP contribution is -2.42. The molecular formula is C25H31N5O4. The predicted octanol–water partition coefficient (Wildman–Crippen LogP) is 2.75.